The molecule has 3 heterocycles. The first-order valence-electron chi connectivity index (χ1n) is 7.62. The highest BCUT2D eigenvalue weighted by Crippen LogP contribution is 2.44. The summed E-state index contributed by atoms with van der Waals surface area (Å²) in [4.78, 5) is 40.3. The summed E-state index contributed by atoms with van der Waals surface area (Å²) in [6.45, 7) is 3.52. The fraction of sp³-hybridized carbons (Fsp3) is 0.250. The van der Waals surface area contributed by atoms with Crippen molar-refractivity contribution in [3.8, 4) is 0 Å². The van der Waals surface area contributed by atoms with Crippen molar-refractivity contribution in [2.45, 2.75) is 29.8 Å². The maximum Gasteiger partial charge on any atom is 0.375 e. The number of aryl methyl sites for hydroxylation is 2. The van der Waals surface area contributed by atoms with Crippen LogP contribution < -0.4 is 0 Å². The molecular formula is C16H14N4O5S2. The van der Waals surface area contributed by atoms with E-state index in [0.717, 1.165) is 23.5 Å². The minimum atomic E-state index is -2.09. The van der Waals surface area contributed by atoms with Gasteiger partial charge in [-0.3, -0.25) is 0 Å². The van der Waals surface area contributed by atoms with E-state index in [1.165, 1.54) is 6.20 Å². The Morgan fingerprint density at radius 2 is 1.74 bits per heavy atom. The number of hydrogen-bond acceptors (Lipinski definition) is 10. The van der Waals surface area contributed by atoms with Crippen LogP contribution in [0.2, 0.25) is 0 Å². The van der Waals surface area contributed by atoms with Crippen LogP contribution in [0.4, 0.5) is 0 Å². The molecule has 2 N–H and O–H groups in total. The zero-order valence-corrected chi connectivity index (χ0v) is 15.9. The molecule has 3 rings (SSSR count). The second kappa shape index (κ2) is 7.53. The molecule has 0 fully saturated rings. The highest BCUT2D eigenvalue weighted by molar-refractivity contribution is 8.03. The van der Waals surface area contributed by atoms with Crippen LogP contribution in [-0.2, 0) is 14.3 Å². The van der Waals surface area contributed by atoms with Crippen molar-refractivity contribution in [3.63, 3.8) is 0 Å². The molecule has 0 aromatic carbocycles. The van der Waals surface area contributed by atoms with Gasteiger partial charge in [0.15, 0.2) is 10.3 Å². The van der Waals surface area contributed by atoms with Gasteiger partial charge in [0.1, 0.15) is 0 Å². The highest BCUT2D eigenvalue weighted by Gasteiger charge is 2.55. The number of aliphatic hydroxyl groups is 1. The lowest BCUT2D eigenvalue weighted by Gasteiger charge is -2.24. The molecule has 1 unspecified atom stereocenters. The normalized spacial score (nSPS) is 19.3. The third-order valence-electron chi connectivity index (χ3n) is 3.53. The molecule has 2 aromatic rings. The van der Waals surface area contributed by atoms with Gasteiger partial charge >= 0.3 is 11.9 Å². The molecule has 0 radical (unpaired) electrons. The Kier molecular flexibility index (Phi) is 5.33. The molecule has 1 atom stereocenters. The molecule has 140 valence electrons. The maximum atomic E-state index is 12.0. The number of hydrogen-bond donors (Lipinski definition) is 2. The number of thioether (sulfide) groups is 2. The molecule has 11 heteroatoms. The van der Waals surface area contributed by atoms with Crippen LogP contribution in [0.5, 0.6) is 0 Å². The summed E-state index contributed by atoms with van der Waals surface area (Å²) in [5.74, 6) is -3.53. The van der Waals surface area contributed by atoms with Gasteiger partial charge in [0.25, 0.3) is 5.60 Å². The number of carboxylic acid groups (broad SMARTS) is 1. The predicted octanol–water partition coefficient (Wildman–Crippen LogP) is 1.92. The number of cyclic esters (lactones) is 1. The lowest BCUT2D eigenvalue weighted by Crippen LogP contribution is -2.43. The maximum absolute atomic E-state index is 12.0. The standard InChI is InChI=1S/C16H14N4O5S2/c1-8-3-5-17-14(19-8)26-7-16(13(23)24)11(10(21)12(22)25-16)27-15-18-6-4-9(2)20-15/h3-6,21H,7H2,1-2H3,(H,23,24). The van der Waals surface area contributed by atoms with Crippen molar-refractivity contribution in [3.05, 3.63) is 46.6 Å². The van der Waals surface area contributed by atoms with Gasteiger partial charge in [0, 0.05) is 23.8 Å². The fourth-order valence-corrected chi connectivity index (χ4v) is 4.32. The molecule has 0 bridgehead atoms. The van der Waals surface area contributed by atoms with Gasteiger partial charge in [-0.05, 0) is 37.7 Å². The van der Waals surface area contributed by atoms with Gasteiger partial charge in [-0.15, -0.1) is 0 Å². The van der Waals surface area contributed by atoms with Gasteiger partial charge in [0.05, 0.1) is 10.7 Å². The Morgan fingerprint density at radius 3 is 2.33 bits per heavy atom. The SMILES string of the molecule is Cc1ccnc(SCC2(C(=O)O)OC(=O)C(O)=C2Sc2nccc(C)n2)n1. The number of aromatic nitrogens is 4. The van der Waals surface area contributed by atoms with Gasteiger partial charge in [-0.1, -0.05) is 11.8 Å². The van der Waals surface area contributed by atoms with Crippen LogP contribution in [0, 0.1) is 13.8 Å². The summed E-state index contributed by atoms with van der Waals surface area (Å²) < 4.78 is 5.07. The van der Waals surface area contributed by atoms with Gasteiger partial charge in [-0.2, -0.15) is 0 Å². The van der Waals surface area contributed by atoms with Crippen molar-refractivity contribution in [1.82, 2.24) is 19.9 Å². The van der Waals surface area contributed by atoms with Crippen LogP contribution in [0.3, 0.4) is 0 Å². The van der Waals surface area contributed by atoms with Gasteiger partial charge < -0.3 is 14.9 Å². The quantitative estimate of drug-likeness (QED) is 0.413. The molecule has 1 aliphatic heterocycles. The Bertz CT molecular complexity index is 952. The van der Waals surface area contributed by atoms with Crippen LogP contribution in [0.15, 0.2) is 45.5 Å². The summed E-state index contributed by atoms with van der Waals surface area (Å²) in [7, 11) is 0. The van der Waals surface area contributed by atoms with Crippen molar-refractivity contribution in [2.24, 2.45) is 0 Å². The number of carboxylic acids is 1. The van der Waals surface area contributed by atoms with Crippen LogP contribution in [-0.4, -0.2) is 53.4 Å². The summed E-state index contributed by atoms with van der Waals surface area (Å²) in [6.07, 6.45) is 3.04. The Labute approximate surface area is 162 Å². The number of aliphatic hydroxyl groups excluding tert-OH is 1. The third-order valence-corrected chi connectivity index (χ3v) is 5.64. The van der Waals surface area contributed by atoms with Crippen molar-refractivity contribution in [1.29, 1.82) is 0 Å². The summed E-state index contributed by atoms with van der Waals surface area (Å²) in [5, 5.41) is 20.5. The van der Waals surface area contributed by atoms with Gasteiger partial charge in [0.2, 0.25) is 5.76 Å². The number of aliphatic carboxylic acids is 1. The first-order valence-corrected chi connectivity index (χ1v) is 9.42. The van der Waals surface area contributed by atoms with E-state index in [4.69, 9.17) is 4.74 Å². The minimum Gasteiger partial charge on any atom is -0.501 e. The number of nitrogens with zero attached hydrogens (tertiary/aromatic N) is 4. The van der Waals surface area contributed by atoms with E-state index in [1.54, 1.807) is 32.2 Å². The van der Waals surface area contributed by atoms with Crippen molar-refractivity contribution < 1.29 is 24.5 Å². The molecular weight excluding hydrogens is 392 g/mol. The first kappa shape index (κ1) is 19.1. The molecule has 0 saturated heterocycles. The van der Waals surface area contributed by atoms with Crippen LogP contribution >= 0.6 is 23.5 Å². The smallest absolute Gasteiger partial charge is 0.375 e. The number of esters is 1. The van der Waals surface area contributed by atoms with E-state index in [-0.39, 0.29) is 15.8 Å². The van der Waals surface area contributed by atoms with E-state index in [1.807, 2.05) is 0 Å². The minimum absolute atomic E-state index is 0.175. The molecule has 0 amide bonds. The monoisotopic (exact) mass is 406 g/mol. The summed E-state index contributed by atoms with van der Waals surface area (Å²) >= 11 is 1.78. The first-order chi connectivity index (χ1) is 12.8. The Hall–Kier alpha value is -2.66. The van der Waals surface area contributed by atoms with E-state index in [9.17, 15) is 19.8 Å². The molecule has 0 spiro atoms. The van der Waals surface area contributed by atoms with Crippen molar-refractivity contribution >= 4 is 35.5 Å². The van der Waals surface area contributed by atoms with E-state index in [2.05, 4.69) is 19.9 Å². The lowest BCUT2D eigenvalue weighted by molar-refractivity contribution is -0.165. The molecule has 27 heavy (non-hydrogen) atoms. The van der Waals surface area contributed by atoms with Gasteiger partial charge in [-0.25, -0.2) is 29.5 Å². The lowest BCUT2D eigenvalue weighted by atomic mass is 10.1. The Balaban J connectivity index is 1.94. The molecule has 1 aliphatic rings. The molecule has 9 nitrogen and oxygen atoms in total. The van der Waals surface area contributed by atoms with Crippen molar-refractivity contribution in [2.75, 3.05) is 5.75 Å². The van der Waals surface area contributed by atoms with E-state index in [0.29, 0.717) is 16.5 Å². The average Bonchev–Trinajstić information content (AvgIpc) is 2.86. The number of carbonyl (C=O) groups excluding carboxylic acids is 1. The summed E-state index contributed by atoms with van der Waals surface area (Å²) in [6, 6.07) is 3.37. The Morgan fingerprint density at radius 1 is 1.15 bits per heavy atom. The molecule has 2 aromatic heterocycles. The fourth-order valence-electron chi connectivity index (χ4n) is 2.19. The van der Waals surface area contributed by atoms with E-state index >= 15 is 0 Å². The van der Waals surface area contributed by atoms with Crippen LogP contribution in [0.25, 0.3) is 0 Å². The van der Waals surface area contributed by atoms with Crippen LogP contribution in [0.1, 0.15) is 11.4 Å². The predicted molar refractivity (Wildman–Crippen MR) is 96.2 cm³/mol. The number of rotatable bonds is 6. The highest BCUT2D eigenvalue weighted by atomic mass is 32.2. The topological polar surface area (TPSA) is 135 Å². The van der Waals surface area contributed by atoms with E-state index < -0.39 is 23.3 Å². The molecule has 0 aliphatic carbocycles. The number of carbonyl (C=O) groups is 2. The second-order valence-corrected chi connectivity index (χ2v) is 7.47. The number of ether oxygens (including phenoxy) is 1. The third kappa shape index (κ3) is 3.88. The average molecular weight is 406 g/mol. The zero-order valence-electron chi connectivity index (χ0n) is 14.2. The second-order valence-electron chi connectivity index (χ2n) is 5.55. The molecule has 0 saturated carbocycles. The summed E-state index contributed by atoms with van der Waals surface area (Å²) in [5.41, 5.74) is -0.723. The zero-order chi connectivity index (χ0) is 19.6. The largest absolute Gasteiger partial charge is 0.501 e.